The highest BCUT2D eigenvalue weighted by Crippen LogP contribution is 2.29. The van der Waals surface area contributed by atoms with Gasteiger partial charge in [0, 0.05) is 37.4 Å². The second-order valence-electron chi connectivity index (χ2n) is 3.99. The highest BCUT2D eigenvalue weighted by atomic mass is 32.2. The summed E-state index contributed by atoms with van der Waals surface area (Å²) in [5.41, 5.74) is 2.48. The SMILES string of the molecule is CNC(=O)NCCSCc1c(C)nc2n1CCS2. The van der Waals surface area contributed by atoms with Gasteiger partial charge in [-0.05, 0) is 6.92 Å². The van der Waals surface area contributed by atoms with E-state index in [4.69, 9.17) is 0 Å². The second-order valence-corrected chi connectivity index (χ2v) is 6.15. The quantitative estimate of drug-likeness (QED) is 0.805. The fourth-order valence-electron chi connectivity index (χ4n) is 1.82. The summed E-state index contributed by atoms with van der Waals surface area (Å²) in [4.78, 5) is 15.5. The maximum atomic E-state index is 11.0. The first-order chi connectivity index (χ1) is 8.72. The lowest BCUT2D eigenvalue weighted by atomic mass is 10.4. The molecule has 2 rings (SSSR count). The van der Waals surface area contributed by atoms with E-state index >= 15 is 0 Å². The Morgan fingerprint density at radius 2 is 2.44 bits per heavy atom. The first-order valence-corrected chi connectivity index (χ1v) is 8.08. The van der Waals surface area contributed by atoms with Crippen LogP contribution in [-0.2, 0) is 12.3 Å². The smallest absolute Gasteiger partial charge is 0.314 e. The molecule has 1 aliphatic heterocycles. The molecule has 0 aromatic carbocycles. The lowest BCUT2D eigenvalue weighted by Crippen LogP contribution is -2.34. The number of aromatic nitrogens is 2. The predicted octanol–water partition coefficient (Wildman–Crippen LogP) is 1.46. The van der Waals surface area contributed by atoms with Crippen molar-refractivity contribution in [3.8, 4) is 0 Å². The van der Waals surface area contributed by atoms with Gasteiger partial charge in [0.15, 0.2) is 5.16 Å². The third-order valence-electron chi connectivity index (χ3n) is 2.78. The molecule has 2 heterocycles. The van der Waals surface area contributed by atoms with Crippen LogP contribution in [0.1, 0.15) is 11.4 Å². The largest absolute Gasteiger partial charge is 0.341 e. The summed E-state index contributed by atoms with van der Waals surface area (Å²) in [7, 11) is 1.62. The van der Waals surface area contributed by atoms with Crippen molar-refractivity contribution < 1.29 is 4.79 Å². The van der Waals surface area contributed by atoms with E-state index < -0.39 is 0 Å². The van der Waals surface area contributed by atoms with Gasteiger partial charge < -0.3 is 15.2 Å². The van der Waals surface area contributed by atoms with Gasteiger partial charge in [0.1, 0.15) is 0 Å². The van der Waals surface area contributed by atoms with Crippen LogP contribution in [0.15, 0.2) is 5.16 Å². The van der Waals surface area contributed by atoms with Crippen LogP contribution in [0.25, 0.3) is 0 Å². The number of urea groups is 1. The van der Waals surface area contributed by atoms with Crippen molar-refractivity contribution in [1.29, 1.82) is 0 Å². The van der Waals surface area contributed by atoms with E-state index in [-0.39, 0.29) is 6.03 Å². The summed E-state index contributed by atoms with van der Waals surface area (Å²) in [5.74, 6) is 3.02. The fraction of sp³-hybridized carbons (Fsp3) is 0.636. The number of carbonyl (C=O) groups is 1. The summed E-state index contributed by atoms with van der Waals surface area (Å²) < 4.78 is 2.32. The lowest BCUT2D eigenvalue weighted by Gasteiger charge is -2.06. The van der Waals surface area contributed by atoms with Crippen LogP contribution in [0.2, 0.25) is 0 Å². The minimum atomic E-state index is -0.117. The van der Waals surface area contributed by atoms with E-state index in [1.807, 2.05) is 23.5 Å². The Morgan fingerprint density at radius 1 is 1.61 bits per heavy atom. The summed E-state index contributed by atoms with van der Waals surface area (Å²) >= 11 is 3.66. The Morgan fingerprint density at radius 3 is 3.22 bits per heavy atom. The van der Waals surface area contributed by atoms with Crippen LogP contribution < -0.4 is 10.6 Å². The van der Waals surface area contributed by atoms with Crippen LogP contribution in [-0.4, -0.2) is 40.7 Å². The van der Waals surface area contributed by atoms with Gasteiger partial charge in [-0.25, -0.2) is 9.78 Å². The molecule has 0 bridgehead atoms. The lowest BCUT2D eigenvalue weighted by molar-refractivity contribution is 0.243. The standard InChI is InChI=1S/C11H18N4OS2/c1-8-9(15-4-6-18-11(15)14-8)7-17-5-3-13-10(16)12-2/h3-7H2,1-2H3,(H2,12,13,16). The van der Waals surface area contributed by atoms with Crippen molar-refractivity contribution in [3.63, 3.8) is 0 Å². The molecule has 0 saturated carbocycles. The molecule has 1 aromatic heterocycles. The Bertz CT molecular complexity index is 433. The third-order valence-corrected chi connectivity index (χ3v) is 4.71. The van der Waals surface area contributed by atoms with E-state index in [1.165, 1.54) is 5.69 Å². The van der Waals surface area contributed by atoms with Gasteiger partial charge in [-0.3, -0.25) is 0 Å². The van der Waals surface area contributed by atoms with Crippen molar-refractivity contribution in [2.24, 2.45) is 0 Å². The zero-order valence-corrected chi connectivity index (χ0v) is 12.3. The minimum absolute atomic E-state index is 0.117. The molecule has 1 aromatic rings. The molecule has 0 aliphatic carbocycles. The van der Waals surface area contributed by atoms with Gasteiger partial charge >= 0.3 is 6.03 Å². The number of rotatable bonds is 5. The third kappa shape index (κ3) is 3.14. The maximum absolute atomic E-state index is 11.0. The Labute approximate surface area is 115 Å². The Hall–Kier alpha value is -0.820. The van der Waals surface area contributed by atoms with Crippen molar-refractivity contribution >= 4 is 29.6 Å². The number of hydrogen-bond donors (Lipinski definition) is 2. The molecule has 0 atom stereocenters. The maximum Gasteiger partial charge on any atom is 0.314 e. The molecule has 1 aliphatic rings. The number of amides is 2. The molecule has 0 spiro atoms. The van der Waals surface area contributed by atoms with Crippen LogP contribution in [0, 0.1) is 6.92 Å². The average molecular weight is 286 g/mol. The monoisotopic (exact) mass is 286 g/mol. The zero-order valence-electron chi connectivity index (χ0n) is 10.7. The molecule has 0 saturated heterocycles. The van der Waals surface area contributed by atoms with E-state index in [0.717, 1.165) is 34.7 Å². The molecule has 5 nitrogen and oxygen atoms in total. The first kappa shape index (κ1) is 13.6. The molecule has 7 heteroatoms. The number of hydrogen-bond acceptors (Lipinski definition) is 4. The first-order valence-electron chi connectivity index (χ1n) is 5.94. The molecule has 2 amide bonds. The summed E-state index contributed by atoms with van der Waals surface area (Å²) in [6, 6.07) is -0.117. The normalized spacial score (nSPS) is 13.4. The van der Waals surface area contributed by atoms with Crippen LogP contribution >= 0.6 is 23.5 Å². The van der Waals surface area contributed by atoms with E-state index in [1.54, 1.807) is 7.05 Å². The minimum Gasteiger partial charge on any atom is -0.341 e. The highest BCUT2D eigenvalue weighted by molar-refractivity contribution is 7.99. The molecule has 0 radical (unpaired) electrons. The summed E-state index contributed by atoms with van der Waals surface area (Å²) in [6.45, 7) is 3.84. The fourth-order valence-corrected chi connectivity index (χ4v) is 3.79. The van der Waals surface area contributed by atoms with Crippen molar-refractivity contribution in [2.75, 3.05) is 25.1 Å². The average Bonchev–Trinajstić information content (AvgIpc) is 2.90. The number of imidazole rings is 1. The summed E-state index contributed by atoms with van der Waals surface area (Å²) in [6.07, 6.45) is 0. The number of aryl methyl sites for hydroxylation is 1. The van der Waals surface area contributed by atoms with Crippen molar-refractivity contribution in [2.45, 2.75) is 24.4 Å². The predicted molar refractivity (Wildman–Crippen MR) is 76.3 cm³/mol. The Balaban J connectivity index is 1.75. The van der Waals surface area contributed by atoms with Gasteiger partial charge in [-0.2, -0.15) is 11.8 Å². The van der Waals surface area contributed by atoms with Crippen molar-refractivity contribution in [3.05, 3.63) is 11.4 Å². The molecule has 100 valence electrons. The van der Waals surface area contributed by atoms with Gasteiger partial charge in [-0.15, -0.1) is 0 Å². The number of nitrogens with one attached hydrogen (secondary N) is 2. The Kier molecular flexibility index (Phi) is 4.82. The van der Waals surface area contributed by atoms with Crippen LogP contribution in [0.5, 0.6) is 0 Å². The van der Waals surface area contributed by atoms with Crippen LogP contribution in [0.3, 0.4) is 0 Å². The highest BCUT2D eigenvalue weighted by Gasteiger charge is 2.18. The number of nitrogens with zero attached hydrogens (tertiary/aromatic N) is 2. The van der Waals surface area contributed by atoms with Gasteiger partial charge in [0.2, 0.25) is 0 Å². The van der Waals surface area contributed by atoms with Gasteiger partial charge in [-0.1, -0.05) is 11.8 Å². The molecule has 0 fully saturated rings. The zero-order chi connectivity index (χ0) is 13.0. The second kappa shape index (κ2) is 6.38. The number of fused-ring (bicyclic) bond motifs is 1. The molecular formula is C11H18N4OS2. The molecule has 2 N–H and O–H groups in total. The molecule has 18 heavy (non-hydrogen) atoms. The van der Waals surface area contributed by atoms with E-state index in [9.17, 15) is 4.79 Å². The van der Waals surface area contributed by atoms with Gasteiger partial charge in [0.25, 0.3) is 0 Å². The van der Waals surface area contributed by atoms with Crippen molar-refractivity contribution in [1.82, 2.24) is 20.2 Å². The number of thioether (sulfide) groups is 2. The number of carbonyl (C=O) groups excluding carboxylic acids is 1. The van der Waals surface area contributed by atoms with Gasteiger partial charge in [0.05, 0.1) is 11.4 Å². The van der Waals surface area contributed by atoms with E-state index in [0.29, 0.717) is 6.54 Å². The molecular weight excluding hydrogens is 268 g/mol. The molecule has 0 unspecified atom stereocenters. The van der Waals surface area contributed by atoms with Crippen LogP contribution in [0.4, 0.5) is 4.79 Å². The summed E-state index contributed by atoms with van der Waals surface area (Å²) in [5, 5.41) is 6.48. The topological polar surface area (TPSA) is 59.0 Å². The van der Waals surface area contributed by atoms with E-state index in [2.05, 4.69) is 27.1 Å².